The summed E-state index contributed by atoms with van der Waals surface area (Å²) in [7, 11) is 0. The van der Waals surface area contributed by atoms with Gasteiger partial charge in [-0.3, -0.25) is 4.79 Å². The van der Waals surface area contributed by atoms with Crippen LogP contribution in [-0.2, 0) is 0 Å². The number of aryl methyl sites for hydroxylation is 2. The van der Waals surface area contributed by atoms with Crippen LogP contribution >= 0.6 is 11.6 Å². The topological polar surface area (TPSA) is 55.1 Å². The first-order valence-electron chi connectivity index (χ1n) is 8.55. The maximum atomic E-state index is 12.5. The lowest BCUT2D eigenvalue weighted by Gasteiger charge is -2.10. The summed E-state index contributed by atoms with van der Waals surface area (Å²) in [6.07, 6.45) is 0. The van der Waals surface area contributed by atoms with Crippen LogP contribution in [0.4, 0.5) is 5.69 Å². The molecule has 1 aromatic heterocycles. The molecule has 0 atom stereocenters. The number of nitrogens with zero attached hydrogens (tertiary/aromatic N) is 1. The second-order valence-corrected chi connectivity index (χ2v) is 6.92. The minimum Gasteiger partial charge on any atom is -0.436 e. The van der Waals surface area contributed by atoms with Gasteiger partial charge in [0, 0.05) is 21.8 Å². The van der Waals surface area contributed by atoms with Gasteiger partial charge in [-0.25, -0.2) is 4.98 Å². The lowest BCUT2D eigenvalue weighted by Crippen LogP contribution is -2.12. The fourth-order valence-electron chi connectivity index (χ4n) is 2.87. The molecule has 5 heteroatoms. The van der Waals surface area contributed by atoms with Crippen LogP contribution in [0.2, 0.25) is 5.02 Å². The molecule has 1 amide bonds. The molecule has 0 bridgehead atoms. The maximum Gasteiger partial charge on any atom is 0.255 e. The Hall–Kier alpha value is -3.11. The van der Waals surface area contributed by atoms with Crippen molar-refractivity contribution in [2.24, 2.45) is 0 Å². The zero-order valence-corrected chi connectivity index (χ0v) is 15.7. The van der Waals surface area contributed by atoms with E-state index in [-0.39, 0.29) is 5.91 Å². The molecule has 0 aliphatic carbocycles. The van der Waals surface area contributed by atoms with E-state index in [1.807, 2.05) is 50.2 Å². The van der Waals surface area contributed by atoms with E-state index in [4.69, 9.17) is 16.0 Å². The first kappa shape index (κ1) is 17.3. The van der Waals surface area contributed by atoms with Crippen LogP contribution in [0.5, 0.6) is 0 Å². The van der Waals surface area contributed by atoms with Crippen LogP contribution in [0.25, 0.3) is 22.6 Å². The molecule has 0 radical (unpaired) electrons. The van der Waals surface area contributed by atoms with E-state index in [0.29, 0.717) is 22.2 Å². The Bertz CT molecular complexity index is 1160. The maximum absolute atomic E-state index is 12.5. The molecule has 0 spiro atoms. The third kappa shape index (κ3) is 3.57. The second-order valence-electron chi connectivity index (χ2n) is 6.48. The summed E-state index contributed by atoms with van der Waals surface area (Å²) in [4.78, 5) is 17.1. The summed E-state index contributed by atoms with van der Waals surface area (Å²) in [6, 6.07) is 18.5. The molecule has 0 saturated carbocycles. The fraction of sp³-hybridized carbons (Fsp3) is 0.0909. The summed E-state index contributed by atoms with van der Waals surface area (Å²) >= 11 is 5.98. The third-order valence-corrected chi connectivity index (χ3v) is 4.60. The Labute approximate surface area is 161 Å². The SMILES string of the molecule is Cc1ccc2nc(-c3ccc(C)c(NC(=O)c4cccc(Cl)c4)c3)oc2c1. The number of rotatable bonds is 3. The van der Waals surface area contributed by atoms with Gasteiger partial charge in [0.05, 0.1) is 0 Å². The average Bonchev–Trinajstić information content (AvgIpc) is 3.06. The second kappa shape index (κ2) is 6.89. The van der Waals surface area contributed by atoms with Gasteiger partial charge < -0.3 is 9.73 Å². The lowest BCUT2D eigenvalue weighted by molar-refractivity contribution is 0.102. The largest absolute Gasteiger partial charge is 0.436 e. The zero-order valence-electron chi connectivity index (χ0n) is 14.9. The molecular formula is C22H17ClN2O2. The first-order valence-corrected chi connectivity index (χ1v) is 8.92. The Morgan fingerprint density at radius 3 is 2.70 bits per heavy atom. The average molecular weight is 377 g/mol. The molecule has 4 nitrogen and oxygen atoms in total. The van der Waals surface area contributed by atoms with Gasteiger partial charge in [-0.1, -0.05) is 29.8 Å². The van der Waals surface area contributed by atoms with Crippen molar-refractivity contribution in [3.05, 3.63) is 82.4 Å². The third-order valence-electron chi connectivity index (χ3n) is 4.36. The summed E-state index contributed by atoms with van der Waals surface area (Å²) in [5, 5.41) is 3.46. The molecule has 0 fully saturated rings. The summed E-state index contributed by atoms with van der Waals surface area (Å²) in [5.74, 6) is 0.305. The number of benzene rings is 3. The summed E-state index contributed by atoms with van der Waals surface area (Å²) in [6.45, 7) is 3.95. The van der Waals surface area contributed by atoms with Crippen molar-refractivity contribution in [1.29, 1.82) is 0 Å². The van der Waals surface area contributed by atoms with Gasteiger partial charge in [0.1, 0.15) is 5.52 Å². The minimum absolute atomic E-state index is 0.217. The van der Waals surface area contributed by atoms with Crippen LogP contribution in [0.3, 0.4) is 0 Å². The van der Waals surface area contributed by atoms with Crippen molar-refractivity contribution in [3.63, 3.8) is 0 Å². The zero-order chi connectivity index (χ0) is 19.0. The quantitative estimate of drug-likeness (QED) is 0.475. The molecule has 27 heavy (non-hydrogen) atoms. The number of carbonyl (C=O) groups is 1. The Morgan fingerprint density at radius 2 is 1.89 bits per heavy atom. The minimum atomic E-state index is -0.217. The van der Waals surface area contributed by atoms with Crippen molar-refractivity contribution in [3.8, 4) is 11.5 Å². The van der Waals surface area contributed by atoms with E-state index >= 15 is 0 Å². The predicted molar refractivity (Wildman–Crippen MR) is 108 cm³/mol. The molecule has 4 aromatic rings. The normalized spacial score (nSPS) is 10.9. The molecule has 0 unspecified atom stereocenters. The molecule has 4 rings (SSSR count). The van der Waals surface area contributed by atoms with E-state index < -0.39 is 0 Å². The van der Waals surface area contributed by atoms with E-state index in [9.17, 15) is 4.79 Å². The standard InChI is InChI=1S/C22H17ClN2O2/c1-13-6-9-18-20(10-13)27-22(25-18)16-8-7-14(2)19(12-16)24-21(26)15-4-3-5-17(23)11-15/h3-12H,1-2H3,(H,24,26). The van der Waals surface area contributed by atoms with Crippen molar-refractivity contribution in [2.75, 3.05) is 5.32 Å². The number of nitrogens with one attached hydrogen (secondary N) is 1. The fourth-order valence-corrected chi connectivity index (χ4v) is 3.06. The van der Waals surface area contributed by atoms with Gasteiger partial charge in [0.15, 0.2) is 5.58 Å². The van der Waals surface area contributed by atoms with Gasteiger partial charge in [0.2, 0.25) is 5.89 Å². The number of carbonyl (C=O) groups excluding carboxylic acids is 1. The number of hydrogen-bond acceptors (Lipinski definition) is 3. The molecule has 134 valence electrons. The van der Waals surface area contributed by atoms with Crippen LogP contribution in [0.15, 0.2) is 65.1 Å². The Balaban J connectivity index is 1.67. The summed E-state index contributed by atoms with van der Waals surface area (Å²) < 4.78 is 5.89. The molecule has 1 heterocycles. The number of fused-ring (bicyclic) bond motifs is 1. The van der Waals surface area contributed by atoms with Crippen LogP contribution < -0.4 is 5.32 Å². The summed E-state index contributed by atoms with van der Waals surface area (Å²) in [5.41, 5.74) is 5.62. The Kier molecular flexibility index (Phi) is 4.42. The highest BCUT2D eigenvalue weighted by atomic mass is 35.5. The van der Waals surface area contributed by atoms with Gasteiger partial charge in [-0.15, -0.1) is 0 Å². The number of amides is 1. The van der Waals surface area contributed by atoms with Crippen molar-refractivity contribution in [1.82, 2.24) is 4.98 Å². The van der Waals surface area contributed by atoms with Gasteiger partial charge in [0.25, 0.3) is 5.91 Å². The molecular weight excluding hydrogens is 360 g/mol. The van der Waals surface area contributed by atoms with Gasteiger partial charge in [-0.2, -0.15) is 0 Å². The van der Waals surface area contributed by atoms with E-state index in [2.05, 4.69) is 10.3 Å². The van der Waals surface area contributed by atoms with Crippen molar-refractivity contribution < 1.29 is 9.21 Å². The van der Waals surface area contributed by atoms with Gasteiger partial charge in [-0.05, 0) is 67.4 Å². The predicted octanol–water partition coefficient (Wildman–Crippen LogP) is 6.02. The van der Waals surface area contributed by atoms with E-state index in [1.165, 1.54) is 0 Å². The van der Waals surface area contributed by atoms with Crippen molar-refractivity contribution in [2.45, 2.75) is 13.8 Å². The van der Waals surface area contributed by atoms with Crippen molar-refractivity contribution >= 4 is 34.3 Å². The first-order chi connectivity index (χ1) is 13.0. The molecule has 0 saturated heterocycles. The number of oxazole rings is 1. The van der Waals surface area contributed by atoms with E-state index in [0.717, 1.165) is 27.8 Å². The van der Waals surface area contributed by atoms with Crippen LogP contribution in [0, 0.1) is 13.8 Å². The number of aromatic nitrogens is 1. The molecule has 0 aliphatic heterocycles. The lowest BCUT2D eigenvalue weighted by atomic mass is 10.1. The molecule has 3 aromatic carbocycles. The highest BCUT2D eigenvalue weighted by Gasteiger charge is 2.13. The smallest absolute Gasteiger partial charge is 0.255 e. The monoisotopic (exact) mass is 376 g/mol. The highest BCUT2D eigenvalue weighted by Crippen LogP contribution is 2.28. The van der Waals surface area contributed by atoms with Crippen LogP contribution in [-0.4, -0.2) is 10.9 Å². The van der Waals surface area contributed by atoms with Crippen LogP contribution in [0.1, 0.15) is 21.5 Å². The van der Waals surface area contributed by atoms with Gasteiger partial charge >= 0.3 is 0 Å². The molecule has 1 N–H and O–H groups in total. The molecule has 0 aliphatic rings. The number of anilines is 1. The number of halogens is 1. The Morgan fingerprint density at radius 1 is 1.04 bits per heavy atom. The van der Waals surface area contributed by atoms with E-state index in [1.54, 1.807) is 24.3 Å². The number of hydrogen-bond donors (Lipinski definition) is 1. The highest BCUT2D eigenvalue weighted by molar-refractivity contribution is 6.31.